The normalized spacial score (nSPS) is 28.2. The van der Waals surface area contributed by atoms with Crippen LogP contribution in [0.25, 0.3) is 12.2 Å². The molecule has 10 nitrogen and oxygen atoms in total. The number of carbonyl (C=O) groups is 4. The number of hydrogen-bond acceptors (Lipinski definition) is 8. The van der Waals surface area contributed by atoms with Crippen molar-refractivity contribution >= 4 is 103 Å². The second-order valence-electron chi connectivity index (χ2n) is 13.1. The van der Waals surface area contributed by atoms with Crippen molar-refractivity contribution in [2.75, 3.05) is 31.7 Å². The van der Waals surface area contributed by atoms with Gasteiger partial charge in [0.05, 0.1) is 47.9 Å². The Labute approximate surface area is 331 Å². The number of allylic oxidation sites excluding steroid dienone is 2. The summed E-state index contributed by atoms with van der Waals surface area (Å²) < 4.78 is 16.7. The van der Waals surface area contributed by atoms with Gasteiger partial charge in [-0.2, -0.15) is 0 Å². The van der Waals surface area contributed by atoms with E-state index >= 15 is 0 Å². The quantitative estimate of drug-likeness (QED) is 0.0634. The number of anilines is 1. The Balaban J connectivity index is 1.25. The van der Waals surface area contributed by atoms with E-state index in [-0.39, 0.29) is 35.7 Å². The van der Waals surface area contributed by atoms with Crippen LogP contribution in [0.5, 0.6) is 23.0 Å². The van der Waals surface area contributed by atoms with Crippen molar-refractivity contribution in [2.24, 2.45) is 17.8 Å². The highest BCUT2D eigenvalue weighted by atomic mass is 127. The molecule has 3 aromatic rings. The molecule has 4 aliphatic rings. The average molecular weight is 922 g/mol. The van der Waals surface area contributed by atoms with Gasteiger partial charge < -0.3 is 19.3 Å². The van der Waals surface area contributed by atoms with Gasteiger partial charge in [-0.05, 0) is 94.9 Å². The Bertz CT molecular complexity index is 2090. The van der Waals surface area contributed by atoms with Gasteiger partial charge in [-0.15, -0.1) is 23.2 Å². The number of phenols is 1. The van der Waals surface area contributed by atoms with E-state index in [1.165, 1.54) is 12.0 Å². The number of methoxy groups -OCH3 is 3. The van der Waals surface area contributed by atoms with Crippen molar-refractivity contribution in [3.8, 4) is 23.0 Å². The number of halogens is 4. The molecule has 0 aromatic heterocycles. The summed E-state index contributed by atoms with van der Waals surface area (Å²) in [6.45, 7) is 0. The number of phenolic OH excluding ortho intramolecular Hbond substituents is 1. The molecular weight excluding hydrogens is 890 g/mol. The molecular formula is C38H32BrCl2IN2O8. The molecule has 6 atom stereocenters. The maximum Gasteiger partial charge on any atom is 0.254 e. The summed E-state index contributed by atoms with van der Waals surface area (Å²) in [6.07, 6.45) is 5.73. The number of rotatable bonds is 8. The number of imide groups is 2. The minimum Gasteiger partial charge on any atom is -0.504 e. The maximum atomic E-state index is 14.5. The molecule has 0 bridgehead atoms. The van der Waals surface area contributed by atoms with Gasteiger partial charge in [-0.25, -0.2) is 0 Å². The van der Waals surface area contributed by atoms with Crippen molar-refractivity contribution < 1.29 is 38.5 Å². The number of nitrogens with zero attached hydrogens (tertiary/aromatic N) is 2. The molecule has 7 rings (SSSR count). The Morgan fingerprint density at radius 1 is 0.904 bits per heavy atom. The molecule has 52 heavy (non-hydrogen) atoms. The molecule has 0 unspecified atom stereocenters. The van der Waals surface area contributed by atoms with Crippen LogP contribution in [-0.4, -0.2) is 70.2 Å². The zero-order valence-electron chi connectivity index (χ0n) is 28.1. The van der Waals surface area contributed by atoms with Crippen LogP contribution < -0.4 is 19.1 Å². The van der Waals surface area contributed by atoms with Crippen LogP contribution in [0, 0.1) is 21.3 Å². The van der Waals surface area contributed by atoms with E-state index in [2.05, 4.69) is 15.9 Å². The van der Waals surface area contributed by atoms with Crippen molar-refractivity contribution in [3.05, 3.63) is 86.5 Å². The van der Waals surface area contributed by atoms with Gasteiger partial charge in [0.2, 0.25) is 11.8 Å². The first-order chi connectivity index (χ1) is 24.8. The summed E-state index contributed by atoms with van der Waals surface area (Å²) in [5, 5.41) is 10.7. The summed E-state index contributed by atoms with van der Waals surface area (Å²) in [5.74, 6) is -3.95. The Morgan fingerprint density at radius 2 is 1.62 bits per heavy atom. The first kappa shape index (κ1) is 36.8. The van der Waals surface area contributed by atoms with Crippen LogP contribution in [0.4, 0.5) is 5.69 Å². The first-order valence-corrected chi connectivity index (χ1v) is 19.2. The van der Waals surface area contributed by atoms with Gasteiger partial charge >= 0.3 is 0 Å². The molecule has 4 amide bonds. The first-order valence-electron chi connectivity index (χ1n) is 16.3. The molecule has 1 saturated carbocycles. The fourth-order valence-electron chi connectivity index (χ4n) is 8.19. The highest BCUT2D eigenvalue weighted by Gasteiger charge is 2.76. The van der Waals surface area contributed by atoms with Crippen LogP contribution in [-0.2, 0) is 19.2 Å². The summed E-state index contributed by atoms with van der Waals surface area (Å²) >= 11 is 19.9. The molecule has 1 N–H and O–H groups in total. The molecule has 14 heteroatoms. The molecule has 2 aliphatic carbocycles. The number of alkyl halides is 3. The number of hydrogen-bond donors (Lipinski definition) is 1. The topological polar surface area (TPSA) is 123 Å². The molecule has 0 radical (unpaired) electrons. The monoisotopic (exact) mass is 920 g/mol. The van der Waals surface area contributed by atoms with Crippen LogP contribution in [0.2, 0.25) is 0 Å². The van der Waals surface area contributed by atoms with Gasteiger partial charge in [0.25, 0.3) is 11.8 Å². The second-order valence-corrected chi connectivity index (χ2v) is 16.0. The van der Waals surface area contributed by atoms with E-state index in [1.54, 1.807) is 38.5 Å². The molecule has 2 aliphatic heterocycles. The Morgan fingerprint density at radius 3 is 2.27 bits per heavy atom. The predicted molar refractivity (Wildman–Crippen MR) is 208 cm³/mol. The standard InChI is InChI=1S/C38H32BrCl2IN2O8/c1-50-23-10-13-28(51-2)20(14-23)7-4-19-5-8-22(9-6-19)44-33(46)25-12-11-24-26(30(25)34(44)47)17-37(40)35(48)43(18-39)36(49)38(37,41)31(24)21-15-27(42)32(45)29(16-21)52-3/h4-11,13-16,25-26,30-31,45H,12,17-18H2,1-3H3/t25-,26+,30-,31-,37+,38-/m0/s1. The van der Waals surface area contributed by atoms with E-state index in [9.17, 15) is 24.3 Å². The Hall–Kier alpha value is -3.59. The van der Waals surface area contributed by atoms with E-state index < -0.39 is 51.1 Å². The van der Waals surface area contributed by atoms with Crippen LogP contribution in [0.1, 0.15) is 35.4 Å². The number of benzene rings is 3. The second kappa shape index (κ2) is 13.7. The smallest absolute Gasteiger partial charge is 0.254 e. The summed E-state index contributed by atoms with van der Waals surface area (Å²) in [4.78, 5) is 54.8. The van der Waals surface area contributed by atoms with Gasteiger partial charge in [-0.3, -0.25) is 29.0 Å². The number of aromatic hydroxyl groups is 1. The zero-order valence-corrected chi connectivity index (χ0v) is 33.3. The summed E-state index contributed by atoms with van der Waals surface area (Å²) in [5.41, 5.74) is 3.05. The highest BCUT2D eigenvalue weighted by Crippen LogP contribution is 2.66. The number of ether oxygens (including phenoxy) is 3. The van der Waals surface area contributed by atoms with Crippen molar-refractivity contribution in [1.82, 2.24) is 4.90 Å². The van der Waals surface area contributed by atoms with Gasteiger partial charge in [-0.1, -0.05) is 51.9 Å². The number of likely N-dealkylation sites (tertiary alicyclic amines) is 1. The van der Waals surface area contributed by atoms with E-state index in [4.69, 9.17) is 37.4 Å². The minimum atomic E-state index is -1.97. The van der Waals surface area contributed by atoms with Gasteiger partial charge in [0.15, 0.2) is 21.2 Å². The lowest BCUT2D eigenvalue weighted by Crippen LogP contribution is -2.60. The zero-order chi connectivity index (χ0) is 37.3. The van der Waals surface area contributed by atoms with Gasteiger partial charge in [0, 0.05) is 11.5 Å². The lowest BCUT2D eigenvalue weighted by Gasteiger charge is -2.50. The largest absolute Gasteiger partial charge is 0.504 e. The molecule has 3 fully saturated rings. The molecule has 2 heterocycles. The SMILES string of the molecule is COc1ccc(OC)c(C=Cc2ccc(N3C(=O)[C@H]4[C@H](CC=C5[C@H]4C[C@@]4(Cl)C(=O)N(CBr)C(=O)[C@@]4(Cl)[C@H]5c4cc(I)c(O)c(OC)c4)C3=O)cc2)c1. The van der Waals surface area contributed by atoms with Crippen LogP contribution in [0.3, 0.4) is 0 Å². The molecule has 0 spiro atoms. The van der Waals surface area contributed by atoms with Crippen molar-refractivity contribution in [2.45, 2.75) is 28.5 Å². The molecule has 3 aromatic carbocycles. The lowest BCUT2D eigenvalue weighted by molar-refractivity contribution is -0.138. The third-order valence-electron chi connectivity index (χ3n) is 10.7. The number of carbonyl (C=O) groups excluding carboxylic acids is 4. The fourth-order valence-corrected chi connectivity index (χ4v) is 10.2. The third-order valence-corrected chi connectivity index (χ3v) is 13.4. The van der Waals surface area contributed by atoms with E-state index in [0.29, 0.717) is 31.9 Å². The Kier molecular flexibility index (Phi) is 9.67. The maximum absolute atomic E-state index is 14.5. The molecule has 270 valence electrons. The fraction of sp³-hybridized carbons (Fsp3) is 0.316. The summed E-state index contributed by atoms with van der Waals surface area (Å²) in [6, 6.07) is 15.8. The lowest BCUT2D eigenvalue weighted by atomic mass is 9.56. The van der Waals surface area contributed by atoms with Gasteiger partial charge in [0.1, 0.15) is 11.5 Å². The van der Waals surface area contributed by atoms with Crippen LogP contribution in [0.15, 0.2) is 66.2 Å². The van der Waals surface area contributed by atoms with E-state index in [0.717, 1.165) is 16.0 Å². The highest BCUT2D eigenvalue weighted by molar-refractivity contribution is 14.1. The summed E-state index contributed by atoms with van der Waals surface area (Å²) in [7, 11) is 4.59. The molecule has 2 saturated heterocycles. The number of amides is 4. The third kappa shape index (κ3) is 5.38. The van der Waals surface area contributed by atoms with E-state index in [1.807, 2.05) is 71.2 Å². The average Bonchev–Trinajstić information content (AvgIpc) is 3.48. The van der Waals surface area contributed by atoms with Crippen molar-refractivity contribution in [1.29, 1.82) is 0 Å². The number of fused-ring (bicyclic) bond motifs is 4. The predicted octanol–water partition coefficient (Wildman–Crippen LogP) is 7.11. The minimum absolute atomic E-state index is 0.0951. The van der Waals surface area contributed by atoms with Crippen LogP contribution >= 0.6 is 61.7 Å². The van der Waals surface area contributed by atoms with Crippen molar-refractivity contribution in [3.63, 3.8) is 0 Å².